The highest BCUT2D eigenvalue weighted by molar-refractivity contribution is 7.80. The third kappa shape index (κ3) is 3.99. The predicted molar refractivity (Wildman–Crippen MR) is 111 cm³/mol. The van der Waals surface area contributed by atoms with E-state index in [9.17, 15) is 9.59 Å². The molecule has 2 fully saturated rings. The van der Waals surface area contributed by atoms with Gasteiger partial charge >= 0.3 is 0 Å². The van der Waals surface area contributed by atoms with Gasteiger partial charge in [-0.15, -0.1) is 0 Å². The molecule has 4 aliphatic rings. The Morgan fingerprint density at radius 3 is 2.85 bits per heavy atom. The lowest BCUT2D eigenvalue weighted by molar-refractivity contribution is -0.135. The summed E-state index contributed by atoms with van der Waals surface area (Å²) in [5.41, 5.74) is 2.92. The summed E-state index contributed by atoms with van der Waals surface area (Å²) in [7, 11) is 0. The summed E-state index contributed by atoms with van der Waals surface area (Å²) < 4.78 is 0. The van der Waals surface area contributed by atoms with Crippen LogP contribution in [0.15, 0.2) is 35.5 Å². The van der Waals surface area contributed by atoms with Gasteiger partial charge in [0, 0.05) is 30.9 Å². The maximum absolute atomic E-state index is 13.1. The van der Waals surface area contributed by atoms with Crippen molar-refractivity contribution >= 4 is 28.8 Å². The van der Waals surface area contributed by atoms with Gasteiger partial charge in [-0.25, -0.2) is 0 Å². The maximum atomic E-state index is 13.1. The summed E-state index contributed by atoms with van der Waals surface area (Å²) in [6, 6.07) is -0.441. The molecular weight excluding hydrogens is 356 g/mol. The van der Waals surface area contributed by atoms with E-state index in [0.717, 1.165) is 51.6 Å². The lowest BCUT2D eigenvalue weighted by atomic mass is 9.78. The van der Waals surface area contributed by atoms with E-state index >= 15 is 0 Å². The fourth-order valence-corrected chi connectivity index (χ4v) is 5.27. The molecule has 0 bridgehead atoms. The van der Waals surface area contributed by atoms with E-state index in [-0.39, 0.29) is 11.7 Å². The Morgan fingerprint density at radius 2 is 2.04 bits per heavy atom. The van der Waals surface area contributed by atoms with Crippen molar-refractivity contribution in [3.63, 3.8) is 0 Å². The molecule has 2 aliphatic heterocycles. The van der Waals surface area contributed by atoms with Crippen molar-refractivity contribution in [2.45, 2.75) is 51.0 Å². The molecule has 2 saturated heterocycles. The molecule has 3 atom stereocenters. The lowest BCUT2D eigenvalue weighted by Gasteiger charge is -2.28. The minimum atomic E-state index is -0.441. The van der Waals surface area contributed by atoms with E-state index in [0.29, 0.717) is 23.7 Å². The van der Waals surface area contributed by atoms with Gasteiger partial charge in [-0.3, -0.25) is 9.59 Å². The fraction of sp³-hybridized carbons (Fsp3) is 0.591. The van der Waals surface area contributed by atoms with E-state index in [1.54, 1.807) is 0 Å². The van der Waals surface area contributed by atoms with Crippen LogP contribution in [0.25, 0.3) is 0 Å². The molecule has 0 radical (unpaired) electrons. The minimum Gasteiger partial charge on any atom is -0.341 e. The monoisotopic (exact) mass is 384 g/mol. The molecule has 1 N–H and O–H groups in total. The van der Waals surface area contributed by atoms with Gasteiger partial charge < -0.3 is 10.2 Å². The number of hydrogen-bond donors (Lipinski definition) is 1. The molecule has 0 aromatic heterocycles. The molecule has 0 aromatic carbocycles. The SMILES string of the molecule is O=C(CC1CCC2=C(C=CC=CC2)C1)C1C(=S)CN[C@@H]1C(=O)N1CCCC1. The number of carbonyl (C=O) groups excluding carboxylic acids is 2. The third-order valence-electron chi connectivity index (χ3n) is 6.42. The molecule has 1 amide bonds. The molecule has 144 valence electrons. The standard InChI is InChI=1S/C22H28N2O2S/c25-18(13-15-8-9-16-6-2-1-3-7-17(16)12-15)20-19(27)14-23-21(20)22(26)24-10-4-5-11-24/h1-3,7,15,20-21,23H,4-6,8-14H2/t15?,20?,21-/m0/s1. The van der Waals surface area contributed by atoms with Crippen molar-refractivity contribution in [3.8, 4) is 0 Å². The van der Waals surface area contributed by atoms with Crippen LogP contribution in [-0.4, -0.2) is 47.1 Å². The van der Waals surface area contributed by atoms with Crippen LogP contribution >= 0.6 is 12.2 Å². The highest BCUT2D eigenvalue weighted by Gasteiger charge is 2.43. The van der Waals surface area contributed by atoms with Gasteiger partial charge in [0.05, 0.1) is 5.92 Å². The summed E-state index contributed by atoms with van der Waals surface area (Å²) in [4.78, 5) is 28.6. The van der Waals surface area contributed by atoms with Crippen molar-refractivity contribution in [1.29, 1.82) is 0 Å². The Kier molecular flexibility index (Phi) is 5.69. The number of nitrogens with zero attached hydrogens (tertiary/aromatic N) is 1. The normalized spacial score (nSPS) is 30.6. The van der Waals surface area contributed by atoms with E-state index in [2.05, 4.69) is 29.6 Å². The summed E-state index contributed by atoms with van der Waals surface area (Å²) in [6.07, 6.45) is 15.4. The third-order valence-corrected chi connectivity index (χ3v) is 6.82. The molecule has 4 nitrogen and oxygen atoms in total. The van der Waals surface area contributed by atoms with Crippen LogP contribution < -0.4 is 5.32 Å². The molecule has 2 heterocycles. The van der Waals surface area contributed by atoms with Crippen molar-refractivity contribution < 1.29 is 9.59 Å². The Bertz CT molecular complexity index is 731. The van der Waals surface area contributed by atoms with Crippen LogP contribution in [-0.2, 0) is 9.59 Å². The van der Waals surface area contributed by atoms with Crippen molar-refractivity contribution in [2.24, 2.45) is 11.8 Å². The number of ketones is 1. The number of rotatable bonds is 4. The van der Waals surface area contributed by atoms with Crippen LogP contribution in [0.1, 0.15) is 44.9 Å². The molecule has 4 rings (SSSR count). The van der Waals surface area contributed by atoms with Gasteiger partial charge in [0.15, 0.2) is 0 Å². The molecule has 2 unspecified atom stereocenters. The molecule has 0 saturated carbocycles. The van der Waals surface area contributed by atoms with Crippen molar-refractivity contribution in [1.82, 2.24) is 10.2 Å². The van der Waals surface area contributed by atoms with E-state index in [1.165, 1.54) is 11.1 Å². The van der Waals surface area contributed by atoms with E-state index in [1.807, 2.05) is 4.90 Å². The molecule has 2 aliphatic carbocycles. The van der Waals surface area contributed by atoms with Crippen LogP contribution in [0.5, 0.6) is 0 Å². The average molecular weight is 385 g/mol. The van der Waals surface area contributed by atoms with Crippen LogP contribution in [0.3, 0.4) is 0 Å². The summed E-state index contributed by atoms with van der Waals surface area (Å²) >= 11 is 5.48. The largest absolute Gasteiger partial charge is 0.341 e. The molecule has 5 heteroatoms. The first kappa shape index (κ1) is 18.8. The first-order valence-corrected chi connectivity index (χ1v) is 10.7. The highest BCUT2D eigenvalue weighted by atomic mass is 32.1. The number of carbonyl (C=O) groups is 2. The number of thiocarbonyl (C=S) groups is 1. The Morgan fingerprint density at radius 1 is 1.22 bits per heavy atom. The second-order valence-corrected chi connectivity index (χ2v) is 8.76. The maximum Gasteiger partial charge on any atom is 0.240 e. The van der Waals surface area contributed by atoms with Crippen molar-refractivity contribution in [2.75, 3.05) is 19.6 Å². The Balaban J connectivity index is 1.41. The number of hydrogen-bond acceptors (Lipinski definition) is 4. The summed E-state index contributed by atoms with van der Waals surface area (Å²) in [5.74, 6) is 0.171. The lowest BCUT2D eigenvalue weighted by Crippen LogP contribution is -2.47. The Labute approximate surface area is 166 Å². The zero-order chi connectivity index (χ0) is 18.8. The van der Waals surface area contributed by atoms with Crippen LogP contribution in [0.4, 0.5) is 0 Å². The van der Waals surface area contributed by atoms with Crippen LogP contribution in [0.2, 0.25) is 0 Å². The van der Waals surface area contributed by atoms with E-state index in [4.69, 9.17) is 12.2 Å². The van der Waals surface area contributed by atoms with Gasteiger partial charge in [0.25, 0.3) is 0 Å². The quantitative estimate of drug-likeness (QED) is 0.757. The van der Waals surface area contributed by atoms with E-state index < -0.39 is 12.0 Å². The molecule has 27 heavy (non-hydrogen) atoms. The minimum absolute atomic E-state index is 0.0668. The Hall–Kier alpha value is -1.59. The number of likely N-dealkylation sites (tertiary alicyclic amines) is 1. The van der Waals surface area contributed by atoms with Gasteiger partial charge in [-0.1, -0.05) is 42.1 Å². The zero-order valence-electron chi connectivity index (χ0n) is 15.8. The number of Topliss-reactive ketones (excluding diaryl/α,β-unsaturated/α-hetero) is 1. The molecular formula is C22H28N2O2S. The predicted octanol–water partition coefficient (Wildman–Crippen LogP) is 3.14. The second-order valence-electron chi connectivity index (χ2n) is 8.23. The smallest absolute Gasteiger partial charge is 0.240 e. The van der Waals surface area contributed by atoms with Gasteiger partial charge in [0.2, 0.25) is 5.91 Å². The first-order chi connectivity index (χ1) is 13.1. The van der Waals surface area contributed by atoms with Gasteiger partial charge in [-0.2, -0.15) is 0 Å². The number of amides is 1. The van der Waals surface area contributed by atoms with Crippen LogP contribution in [0, 0.1) is 11.8 Å². The highest BCUT2D eigenvalue weighted by Crippen LogP contribution is 2.36. The summed E-state index contributed by atoms with van der Waals surface area (Å²) in [5, 5.41) is 3.22. The van der Waals surface area contributed by atoms with Crippen molar-refractivity contribution in [3.05, 3.63) is 35.5 Å². The zero-order valence-corrected chi connectivity index (χ0v) is 16.6. The van der Waals surface area contributed by atoms with Gasteiger partial charge in [-0.05, 0) is 50.0 Å². The fourth-order valence-electron chi connectivity index (χ4n) is 4.92. The average Bonchev–Trinajstić information content (AvgIpc) is 3.26. The topological polar surface area (TPSA) is 49.4 Å². The number of nitrogens with one attached hydrogen (secondary N) is 1. The van der Waals surface area contributed by atoms with Gasteiger partial charge in [0.1, 0.15) is 11.8 Å². The summed E-state index contributed by atoms with van der Waals surface area (Å²) in [6.45, 7) is 2.12. The second kappa shape index (κ2) is 8.19. The number of allylic oxidation sites excluding steroid dienone is 6. The molecule has 0 spiro atoms. The molecule has 0 aromatic rings. The first-order valence-electron chi connectivity index (χ1n) is 10.2.